The number of benzene rings is 4. The number of carbonyl (C=O) groups excluding carboxylic acids is 2. The van der Waals surface area contributed by atoms with Crippen molar-refractivity contribution >= 4 is 44.1 Å². The van der Waals surface area contributed by atoms with E-state index in [0.717, 1.165) is 23.6 Å². The predicted octanol–water partition coefficient (Wildman–Crippen LogP) is 6.61. The standard InChI is InChI=1S/C40H50N4O8S/c1-27-24-44(28(2)26-45)39(46)35-23-31(42-53(48,49)33-19-17-32(50-5)18-20-33)16-21-37(35)52-29(3)11-8-9-22-51-38(27)25-43(4)40(47)41-36-15-10-13-30-12-6-7-14-34(30)36/h6-7,10,12-21,23,27-29,38,42,45H,8-9,11,22,24-26H2,1-5H3,(H,41,47)/t27-,28+,29+,38-/m1/s1. The molecule has 284 valence electrons. The van der Waals surface area contributed by atoms with Crippen LogP contribution in [0.25, 0.3) is 10.8 Å². The maximum Gasteiger partial charge on any atom is 0.321 e. The van der Waals surface area contributed by atoms with Crippen molar-refractivity contribution in [1.82, 2.24) is 9.80 Å². The number of ether oxygens (including phenoxy) is 3. The van der Waals surface area contributed by atoms with Crippen molar-refractivity contribution in [1.29, 1.82) is 0 Å². The minimum absolute atomic E-state index is 0.0285. The summed E-state index contributed by atoms with van der Waals surface area (Å²) >= 11 is 0. The van der Waals surface area contributed by atoms with E-state index in [0.29, 0.717) is 30.2 Å². The highest BCUT2D eigenvalue weighted by Crippen LogP contribution is 2.30. The first-order valence-electron chi connectivity index (χ1n) is 17.9. The van der Waals surface area contributed by atoms with Crippen molar-refractivity contribution in [2.45, 2.75) is 63.2 Å². The number of aliphatic hydroxyl groups is 1. The second kappa shape index (κ2) is 17.8. The molecule has 12 nitrogen and oxygen atoms in total. The number of urea groups is 1. The van der Waals surface area contributed by atoms with Gasteiger partial charge in [0.25, 0.3) is 15.9 Å². The number of rotatable bonds is 9. The van der Waals surface area contributed by atoms with E-state index in [4.69, 9.17) is 14.2 Å². The quantitative estimate of drug-likeness (QED) is 0.174. The van der Waals surface area contributed by atoms with Crippen LogP contribution >= 0.6 is 0 Å². The minimum atomic E-state index is -4.01. The molecule has 1 aliphatic heterocycles. The molecule has 1 heterocycles. The van der Waals surface area contributed by atoms with Crippen LogP contribution in [0.4, 0.5) is 16.2 Å². The number of nitrogens with one attached hydrogen (secondary N) is 2. The van der Waals surface area contributed by atoms with E-state index in [1.165, 1.54) is 25.3 Å². The second-order valence-corrected chi connectivity index (χ2v) is 15.3. The van der Waals surface area contributed by atoms with Crippen molar-refractivity contribution in [2.75, 3.05) is 50.5 Å². The molecule has 4 atom stereocenters. The van der Waals surface area contributed by atoms with E-state index < -0.39 is 28.1 Å². The highest BCUT2D eigenvalue weighted by Gasteiger charge is 2.31. The van der Waals surface area contributed by atoms with Crippen LogP contribution in [0.3, 0.4) is 0 Å². The number of hydrogen-bond donors (Lipinski definition) is 3. The number of hydrogen-bond acceptors (Lipinski definition) is 8. The maximum absolute atomic E-state index is 14.5. The summed E-state index contributed by atoms with van der Waals surface area (Å²) in [7, 11) is -0.797. The molecule has 0 radical (unpaired) electrons. The van der Waals surface area contributed by atoms with Crippen molar-refractivity contribution in [3.63, 3.8) is 0 Å². The fourth-order valence-corrected chi connectivity index (χ4v) is 7.36. The average Bonchev–Trinajstić information content (AvgIpc) is 3.15. The van der Waals surface area contributed by atoms with E-state index in [-0.39, 0.29) is 53.9 Å². The first-order valence-corrected chi connectivity index (χ1v) is 19.4. The van der Waals surface area contributed by atoms with Gasteiger partial charge in [-0.3, -0.25) is 9.52 Å². The van der Waals surface area contributed by atoms with E-state index >= 15 is 0 Å². The summed E-state index contributed by atoms with van der Waals surface area (Å²) in [5.74, 6) is 0.114. The van der Waals surface area contributed by atoms with Gasteiger partial charge in [0.05, 0.1) is 48.1 Å². The molecule has 0 unspecified atom stereocenters. The summed E-state index contributed by atoms with van der Waals surface area (Å²) < 4.78 is 47.1. The summed E-state index contributed by atoms with van der Waals surface area (Å²) in [6, 6.07) is 23.3. The van der Waals surface area contributed by atoms with Crippen LogP contribution in [0.2, 0.25) is 0 Å². The molecule has 0 fully saturated rings. The minimum Gasteiger partial charge on any atom is -0.497 e. The average molecular weight is 747 g/mol. The van der Waals surface area contributed by atoms with Crippen molar-refractivity contribution < 1.29 is 37.3 Å². The summed E-state index contributed by atoms with van der Waals surface area (Å²) in [5, 5.41) is 15.3. The van der Waals surface area contributed by atoms with Gasteiger partial charge < -0.3 is 34.4 Å². The van der Waals surface area contributed by atoms with Gasteiger partial charge in [-0.05, 0) is 87.0 Å². The molecule has 0 bridgehead atoms. The van der Waals surface area contributed by atoms with Gasteiger partial charge in [-0.2, -0.15) is 0 Å². The maximum atomic E-state index is 14.5. The lowest BCUT2D eigenvalue weighted by Crippen LogP contribution is -2.48. The molecule has 0 aliphatic carbocycles. The summed E-state index contributed by atoms with van der Waals surface area (Å²) in [5.41, 5.74) is 1.03. The van der Waals surface area contributed by atoms with Gasteiger partial charge in [-0.1, -0.05) is 43.3 Å². The third kappa shape index (κ3) is 9.98. The van der Waals surface area contributed by atoms with E-state index in [9.17, 15) is 23.1 Å². The first-order chi connectivity index (χ1) is 25.4. The Labute approximate surface area is 312 Å². The highest BCUT2D eigenvalue weighted by atomic mass is 32.2. The van der Waals surface area contributed by atoms with Crippen LogP contribution < -0.4 is 19.5 Å². The largest absolute Gasteiger partial charge is 0.497 e. The number of amides is 3. The summed E-state index contributed by atoms with van der Waals surface area (Å²) in [4.78, 5) is 31.1. The third-order valence-electron chi connectivity index (χ3n) is 9.51. The molecule has 0 aromatic heterocycles. The molecule has 0 saturated heterocycles. The number of nitrogens with zero attached hydrogens (tertiary/aromatic N) is 2. The second-order valence-electron chi connectivity index (χ2n) is 13.6. The number of likely N-dealkylation sites (N-methyl/N-ethyl adjacent to an activating group) is 1. The van der Waals surface area contributed by atoms with Gasteiger partial charge in [0, 0.05) is 43.7 Å². The Hall–Kier alpha value is -4.85. The Morgan fingerprint density at radius 2 is 1.77 bits per heavy atom. The van der Waals surface area contributed by atoms with Gasteiger partial charge in [0.15, 0.2) is 0 Å². The normalized spacial score (nSPS) is 19.3. The van der Waals surface area contributed by atoms with Gasteiger partial charge >= 0.3 is 6.03 Å². The number of carbonyl (C=O) groups is 2. The zero-order chi connectivity index (χ0) is 38.1. The lowest BCUT2D eigenvalue weighted by atomic mass is 10.0. The Bertz CT molecular complexity index is 1970. The molecule has 4 aromatic carbocycles. The van der Waals surface area contributed by atoms with Gasteiger partial charge in [0.1, 0.15) is 11.5 Å². The van der Waals surface area contributed by atoms with Crippen LogP contribution in [0.15, 0.2) is 89.8 Å². The lowest BCUT2D eigenvalue weighted by Gasteiger charge is -2.35. The van der Waals surface area contributed by atoms with Crippen molar-refractivity contribution in [3.8, 4) is 11.5 Å². The zero-order valence-electron chi connectivity index (χ0n) is 30.9. The summed E-state index contributed by atoms with van der Waals surface area (Å²) in [6.07, 6.45) is 1.55. The Balaban J connectivity index is 1.40. The first kappa shape index (κ1) is 39.4. The van der Waals surface area contributed by atoms with Crippen molar-refractivity contribution in [3.05, 3.63) is 90.5 Å². The van der Waals surface area contributed by atoms with Gasteiger partial charge in [-0.15, -0.1) is 0 Å². The highest BCUT2D eigenvalue weighted by molar-refractivity contribution is 7.92. The molecule has 0 spiro atoms. The predicted molar refractivity (Wildman–Crippen MR) is 206 cm³/mol. The van der Waals surface area contributed by atoms with E-state index in [2.05, 4.69) is 10.0 Å². The van der Waals surface area contributed by atoms with Crippen LogP contribution in [0.5, 0.6) is 11.5 Å². The number of fused-ring (bicyclic) bond motifs is 2. The third-order valence-corrected chi connectivity index (χ3v) is 10.9. The molecule has 13 heteroatoms. The number of methoxy groups -OCH3 is 1. The Morgan fingerprint density at radius 3 is 2.51 bits per heavy atom. The van der Waals surface area contributed by atoms with Crippen LogP contribution in [0, 0.1) is 5.92 Å². The number of sulfonamides is 1. The van der Waals surface area contributed by atoms with Crippen LogP contribution in [-0.4, -0.2) is 94.0 Å². The zero-order valence-corrected chi connectivity index (χ0v) is 31.8. The van der Waals surface area contributed by atoms with Gasteiger partial charge in [0.2, 0.25) is 0 Å². The lowest BCUT2D eigenvalue weighted by molar-refractivity contribution is -0.0115. The van der Waals surface area contributed by atoms with E-state index in [1.807, 2.05) is 56.3 Å². The molecule has 3 N–H and O–H groups in total. The molecular formula is C40H50N4O8S. The smallest absolute Gasteiger partial charge is 0.321 e. The molecule has 5 rings (SSSR count). The fourth-order valence-electron chi connectivity index (χ4n) is 6.32. The molecule has 0 saturated carbocycles. The van der Waals surface area contributed by atoms with Crippen molar-refractivity contribution in [2.24, 2.45) is 5.92 Å². The Kier molecular flexibility index (Phi) is 13.2. The summed E-state index contributed by atoms with van der Waals surface area (Å²) in [6.45, 7) is 6.19. The van der Waals surface area contributed by atoms with E-state index in [1.54, 1.807) is 48.0 Å². The molecule has 53 heavy (non-hydrogen) atoms. The molecule has 4 aromatic rings. The fraction of sp³-hybridized carbons (Fsp3) is 0.400. The van der Waals surface area contributed by atoms with Crippen LogP contribution in [0.1, 0.15) is 50.4 Å². The van der Waals surface area contributed by atoms with Crippen LogP contribution in [-0.2, 0) is 14.8 Å². The SMILES string of the molecule is COc1ccc(S(=O)(=O)Nc2ccc3c(c2)C(=O)N([C@@H](C)CO)C[C@@H](C)[C@@H](CN(C)C(=O)Nc2cccc4ccccc24)OCCCC[C@H](C)O3)cc1. The molecule has 3 amide bonds. The topological polar surface area (TPSA) is 147 Å². The molecular weight excluding hydrogens is 697 g/mol. The monoisotopic (exact) mass is 746 g/mol. The van der Waals surface area contributed by atoms with Gasteiger partial charge in [-0.25, -0.2) is 13.2 Å². The molecule has 1 aliphatic rings. The number of anilines is 2. The Morgan fingerprint density at radius 1 is 1.04 bits per heavy atom. The number of aliphatic hydroxyl groups excluding tert-OH is 1.